The van der Waals surface area contributed by atoms with Gasteiger partial charge in [0.05, 0.1) is 13.7 Å². The molecule has 1 amide bonds. The minimum absolute atomic E-state index is 0.0246. The number of hydrogen-bond acceptors (Lipinski definition) is 4. The van der Waals surface area contributed by atoms with Crippen LogP contribution < -0.4 is 14.4 Å². The van der Waals surface area contributed by atoms with Gasteiger partial charge in [0, 0.05) is 9.77 Å². The first-order valence-corrected chi connectivity index (χ1v) is 7.47. The van der Waals surface area contributed by atoms with Gasteiger partial charge in [-0.15, -0.1) is 0 Å². The zero-order valence-corrected chi connectivity index (χ0v) is 13.5. The average molecular weight is 396 g/mol. The van der Waals surface area contributed by atoms with Crippen molar-refractivity contribution in [3.8, 4) is 11.6 Å². The fourth-order valence-corrected chi connectivity index (χ4v) is 2.58. The summed E-state index contributed by atoms with van der Waals surface area (Å²) in [5, 5.41) is 0. The standard InChI is InChI=1S/C15H13IN2O3/c1-20-12-4-2-10(3-5-12)8-18-13-6-11(16)7-17-15(13)21-9-14(18)19/h2-7H,8-9H2,1H3. The Labute approximate surface area is 136 Å². The summed E-state index contributed by atoms with van der Waals surface area (Å²) in [5.74, 6) is 1.23. The number of hydrogen-bond donors (Lipinski definition) is 0. The van der Waals surface area contributed by atoms with E-state index in [1.165, 1.54) is 0 Å². The number of carbonyl (C=O) groups excluding carboxylic acids is 1. The van der Waals surface area contributed by atoms with Crippen molar-refractivity contribution in [3.05, 3.63) is 45.7 Å². The van der Waals surface area contributed by atoms with Crippen LogP contribution in [-0.4, -0.2) is 24.6 Å². The van der Waals surface area contributed by atoms with Crippen LogP contribution in [0, 0.1) is 3.57 Å². The highest BCUT2D eigenvalue weighted by Gasteiger charge is 2.26. The number of aromatic nitrogens is 1. The number of fused-ring (bicyclic) bond motifs is 1. The number of pyridine rings is 1. The van der Waals surface area contributed by atoms with E-state index in [1.807, 2.05) is 30.3 Å². The van der Waals surface area contributed by atoms with Gasteiger partial charge in [-0.3, -0.25) is 4.79 Å². The summed E-state index contributed by atoms with van der Waals surface area (Å²) < 4.78 is 11.5. The summed E-state index contributed by atoms with van der Waals surface area (Å²) >= 11 is 2.17. The first-order chi connectivity index (χ1) is 10.2. The molecule has 1 aromatic heterocycles. The predicted octanol–water partition coefficient (Wildman–Crippen LogP) is 2.62. The molecule has 2 aromatic rings. The highest BCUT2D eigenvalue weighted by Crippen LogP contribution is 2.32. The van der Waals surface area contributed by atoms with Crippen LogP contribution in [0.1, 0.15) is 5.56 Å². The van der Waals surface area contributed by atoms with E-state index in [0.29, 0.717) is 18.1 Å². The Balaban J connectivity index is 1.90. The molecule has 0 N–H and O–H groups in total. The molecular formula is C15H13IN2O3. The lowest BCUT2D eigenvalue weighted by Gasteiger charge is -2.28. The fraction of sp³-hybridized carbons (Fsp3) is 0.200. The van der Waals surface area contributed by atoms with Crippen molar-refractivity contribution in [1.29, 1.82) is 0 Å². The van der Waals surface area contributed by atoms with Crippen LogP contribution in [0.3, 0.4) is 0 Å². The Bertz CT molecular complexity index is 673. The molecule has 21 heavy (non-hydrogen) atoms. The van der Waals surface area contributed by atoms with Gasteiger partial charge in [-0.25, -0.2) is 4.98 Å². The Morgan fingerprint density at radius 1 is 1.38 bits per heavy atom. The van der Waals surface area contributed by atoms with E-state index in [9.17, 15) is 4.79 Å². The number of carbonyl (C=O) groups is 1. The number of nitrogens with zero attached hydrogens (tertiary/aromatic N) is 2. The van der Waals surface area contributed by atoms with Crippen molar-refractivity contribution in [2.75, 3.05) is 18.6 Å². The van der Waals surface area contributed by atoms with E-state index in [-0.39, 0.29) is 12.5 Å². The third-order valence-electron chi connectivity index (χ3n) is 3.22. The van der Waals surface area contributed by atoms with Crippen LogP contribution in [0.25, 0.3) is 0 Å². The molecule has 1 aliphatic heterocycles. The smallest absolute Gasteiger partial charge is 0.265 e. The Morgan fingerprint density at radius 2 is 2.14 bits per heavy atom. The van der Waals surface area contributed by atoms with Gasteiger partial charge in [-0.2, -0.15) is 0 Å². The summed E-state index contributed by atoms with van der Waals surface area (Å²) in [5.41, 5.74) is 1.74. The molecule has 0 atom stereocenters. The van der Waals surface area contributed by atoms with Crippen LogP contribution >= 0.6 is 22.6 Å². The van der Waals surface area contributed by atoms with Crippen LogP contribution in [0.4, 0.5) is 5.69 Å². The third-order valence-corrected chi connectivity index (χ3v) is 3.81. The lowest BCUT2D eigenvalue weighted by Crippen LogP contribution is -2.38. The molecule has 108 valence electrons. The highest BCUT2D eigenvalue weighted by atomic mass is 127. The van der Waals surface area contributed by atoms with E-state index < -0.39 is 0 Å². The quantitative estimate of drug-likeness (QED) is 0.749. The summed E-state index contributed by atoms with van der Waals surface area (Å²) in [6, 6.07) is 9.57. The number of benzene rings is 1. The van der Waals surface area contributed by atoms with Crippen molar-refractivity contribution in [2.45, 2.75) is 6.54 Å². The Morgan fingerprint density at radius 3 is 2.86 bits per heavy atom. The molecule has 0 bridgehead atoms. The van der Waals surface area contributed by atoms with Crippen LogP contribution in [0.2, 0.25) is 0 Å². The number of methoxy groups -OCH3 is 1. The highest BCUT2D eigenvalue weighted by molar-refractivity contribution is 14.1. The van der Waals surface area contributed by atoms with Crippen LogP contribution in [0.15, 0.2) is 36.5 Å². The van der Waals surface area contributed by atoms with Gasteiger partial charge in [0.25, 0.3) is 5.91 Å². The molecule has 0 fully saturated rings. The molecular weight excluding hydrogens is 383 g/mol. The Hall–Kier alpha value is -1.83. The molecule has 6 heteroatoms. The summed E-state index contributed by atoms with van der Waals surface area (Å²) in [7, 11) is 1.63. The van der Waals surface area contributed by atoms with E-state index in [2.05, 4.69) is 27.6 Å². The second kappa shape index (κ2) is 5.88. The fourth-order valence-electron chi connectivity index (χ4n) is 2.15. The molecule has 0 saturated carbocycles. The molecule has 1 aromatic carbocycles. The van der Waals surface area contributed by atoms with Crippen LogP contribution in [0.5, 0.6) is 11.6 Å². The molecule has 5 nitrogen and oxygen atoms in total. The van der Waals surface area contributed by atoms with E-state index in [4.69, 9.17) is 9.47 Å². The van der Waals surface area contributed by atoms with Gasteiger partial charge in [0.2, 0.25) is 5.88 Å². The predicted molar refractivity (Wildman–Crippen MR) is 86.6 cm³/mol. The number of rotatable bonds is 3. The maximum Gasteiger partial charge on any atom is 0.265 e. The maximum atomic E-state index is 12.1. The van der Waals surface area contributed by atoms with Crippen LogP contribution in [-0.2, 0) is 11.3 Å². The summed E-state index contributed by atoms with van der Waals surface area (Å²) in [6.45, 7) is 0.512. The lowest BCUT2D eigenvalue weighted by atomic mass is 10.2. The SMILES string of the molecule is COc1ccc(CN2C(=O)COc3ncc(I)cc32)cc1. The largest absolute Gasteiger partial charge is 0.497 e. The topological polar surface area (TPSA) is 51.7 Å². The number of ether oxygens (including phenoxy) is 2. The van der Waals surface area contributed by atoms with E-state index in [0.717, 1.165) is 14.9 Å². The van der Waals surface area contributed by atoms with Crippen molar-refractivity contribution < 1.29 is 14.3 Å². The van der Waals surface area contributed by atoms with Gasteiger partial charge in [0.15, 0.2) is 6.61 Å². The monoisotopic (exact) mass is 396 g/mol. The first kappa shape index (κ1) is 14.1. The minimum Gasteiger partial charge on any atom is -0.497 e. The third kappa shape index (κ3) is 2.94. The second-order valence-corrected chi connectivity index (χ2v) is 5.84. The molecule has 0 unspecified atom stereocenters. The molecule has 0 aliphatic carbocycles. The van der Waals surface area contributed by atoms with E-state index >= 15 is 0 Å². The summed E-state index contributed by atoms with van der Waals surface area (Å²) in [6.07, 6.45) is 1.72. The van der Waals surface area contributed by atoms with Crippen molar-refractivity contribution in [3.63, 3.8) is 0 Å². The van der Waals surface area contributed by atoms with Gasteiger partial charge in [-0.05, 0) is 46.4 Å². The normalized spacial score (nSPS) is 13.6. The van der Waals surface area contributed by atoms with Gasteiger partial charge in [0.1, 0.15) is 11.4 Å². The van der Waals surface area contributed by atoms with Crippen molar-refractivity contribution in [1.82, 2.24) is 4.98 Å². The zero-order valence-electron chi connectivity index (χ0n) is 11.4. The maximum absolute atomic E-state index is 12.1. The average Bonchev–Trinajstić information content (AvgIpc) is 2.51. The lowest BCUT2D eigenvalue weighted by molar-refractivity contribution is -0.121. The van der Waals surface area contributed by atoms with Gasteiger partial charge in [-0.1, -0.05) is 12.1 Å². The van der Waals surface area contributed by atoms with Gasteiger partial charge >= 0.3 is 0 Å². The Kier molecular flexibility index (Phi) is 3.96. The number of anilines is 1. The number of halogens is 1. The molecule has 0 saturated heterocycles. The van der Waals surface area contributed by atoms with Crippen molar-refractivity contribution >= 4 is 34.2 Å². The molecule has 0 radical (unpaired) electrons. The molecule has 1 aliphatic rings. The minimum atomic E-state index is -0.0675. The van der Waals surface area contributed by atoms with E-state index in [1.54, 1.807) is 18.2 Å². The van der Waals surface area contributed by atoms with Crippen molar-refractivity contribution in [2.24, 2.45) is 0 Å². The number of amides is 1. The first-order valence-electron chi connectivity index (χ1n) is 6.39. The molecule has 3 rings (SSSR count). The van der Waals surface area contributed by atoms with Gasteiger partial charge < -0.3 is 14.4 Å². The second-order valence-electron chi connectivity index (χ2n) is 4.59. The molecule has 2 heterocycles. The summed E-state index contributed by atoms with van der Waals surface area (Å²) in [4.78, 5) is 18.1. The molecule has 0 spiro atoms. The zero-order chi connectivity index (χ0) is 14.8.